The fourth-order valence-electron chi connectivity index (χ4n) is 0.258. The topological polar surface area (TPSA) is 0 Å². The maximum Gasteiger partial charge on any atom is 0.0354 e. The van der Waals surface area contributed by atoms with Gasteiger partial charge in [-0.25, -0.2) is 0 Å². The van der Waals surface area contributed by atoms with Crippen LogP contribution in [0.3, 0.4) is 0 Å². The van der Waals surface area contributed by atoms with Crippen molar-refractivity contribution in [3.8, 4) is 0 Å². The molecule has 0 fully saturated rings. The molecule has 0 aromatic rings. The van der Waals surface area contributed by atoms with Crippen LogP contribution in [0.4, 0.5) is 0 Å². The maximum atomic E-state index is 2.90. The highest BCUT2D eigenvalue weighted by atomic mass is 32.2. The van der Waals surface area contributed by atoms with Gasteiger partial charge in [-0.2, -0.15) is 0 Å². The van der Waals surface area contributed by atoms with Crippen molar-refractivity contribution in [3.63, 3.8) is 0 Å². The van der Waals surface area contributed by atoms with Crippen molar-refractivity contribution in [2.24, 2.45) is 0 Å². The van der Waals surface area contributed by atoms with Gasteiger partial charge in [-0.05, 0) is 10.8 Å². The second-order valence-electron chi connectivity index (χ2n) is 0.908. The minimum Gasteiger partial charge on any atom is -0.107 e. The fourth-order valence-corrected chi connectivity index (χ4v) is 0.663. The van der Waals surface area contributed by atoms with Crippen LogP contribution in [0.5, 0.6) is 0 Å². The molecule has 1 rings (SSSR count). The summed E-state index contributed by atoms with van der Waals surface area (Å²) in [5, 5.41) is 3.97. The van der Waals surface area contributed by atoms with Gasteiger partial charge in [0, 0.05) is 6.42 Å². The molecule has 1 aliphatic rings. The molecule has 1 heterocycles. The zero-order valence-electron chi connectivity index (χ0n) is 3.22. The normalized spacial score (nSPS) is 18.7. The average Bonchev–Trinajstić information content (AvgIpc) is 1.72. The molecular weight excluding hydrogens is 92.1 g/mol. The quantitative estimate of drug-likeness (QED) is 0.443. The van der Waals surface area contributed by atoms with Crippen molar-refractivity contribution in [1.82, 2.24) is 0 Å². The third-order valence-corrected chi connectivity index (χ3v) is 1.07. The van der Waals surface area contributed by atoms with Crippen molar-refractivity contribution in [2.45, 2.75) is 0 Å². The lowest BCUT2D eigenvalue weighted by atomic mass is 10.4. The van der Waals surface area contributed by atoms with Gasteiger partial charge in [0.25, 0.3) is 0 Å². The molecule has 0 aromatic carbocycles. The van der Waals surface area contributed by atoms with E-state index in [4.69, 9.17) is 0 Å². The third-order valence-electron chi connectivity index (χ3n) is 0.486. The smallest absolute Gasteiger partial charge is 0.0354 e. The lowest BCUT2D eigenvalue weighted by Gasteiger charge is -1.85. The van der Waals surface area contributed by atoms with Gasteiger partial charge in [0.1, 0.15) is 0 Å². The van der Waals surface area contributed by atoms with Crippen molar-refractivity contribution in [1.29, 1.82) is 0 Å². The molecule has 0 aromatic heterocycles. The Kier molecular flexibility index (Phi) is 1.39. The highest BCUT2D eigenvalue weighted by Gasteiger charge is 1.77. The number of thioether (sulfide) groups is 1. The van der Waals surface area contributed by atoms with Crippen LogP contribution in [-0.4, -0.2) is 0 Å². The first-order valence-electron chi connectivity index (χ1n) is 1.72. The molecule has 0 aliphatic carbocycles. The second-order valence-corrected chi connectivity index (χ2v) is 1.72. The van der Waals surface area contributed by atoms with E-state index < -0.39 is 0 Å². The van der Waals surface area contributed by atoms with E-state index in [1.165, 1.54) is 0 Å². The Hall–Kier alpha value is -0.170. The first kappa shape index (κ1) is 4.00. The number of hydrogen-bond donors (Lipinski definition) is 0. The Morgan fingerprint density at radius 2 is 1.83 bits per heavy atom. The van der Waals surface area contributed by atoms with E-state index in [9.17, 15) is 0 Å². The summed E-state index contributed by atoms with van der Waals surface area (Å²) in [5.41, 5.74) is 0. The number of hydrogen-bond acceptors (Lipinski definition) is 1. The van der Waals surface area contributed by atoms with Gasteiger partial charge in [0.2, 0.25) is 0 Å². The molecule has 6 heavy (non-hydrogen) atoms. The van der Waals surface area contributed by atoms with Crippen LogP contribution in [0.2, 0.25) is 0 Å². The monoisotopic (exact) mass is 96.0 g/mol. The lowest BCUT2D eigenvalue weighted by Crippen LogP contribution is -1.60. The van der Waals surface area contributed by atoms with E-state index in [2.05, 4.69) is 6.42 Å². The van der Waals surface area contributed by atoms with Gasteiger partial charge in [-0.3, -0.25) is 0 Å². The highest BCUT2D eigenvalue weighted by Crippen LogP contribution is 2.09. The van der Waals surface area contributed by atoms with Gasteiger partial charge >= 0.3 is 0 Å². The molecule has 1 aliphatic heterocycles. The average molecular weight is 96.2 g/mol. The van der Waals surface area contributed by atoms with Crippen LogP contribution in [0.25, 0.3) is 0 Å². The first-order chi connectivity index (χ1) is 3.00. The molecule has 0 saturated heterocycles. The van der Waals surface area contributed by atoms with E-state index in [1.807, 2.05) is 23.0 Å². The SMILES string of the molecule is [C]1C=CSC=C1. The standard InChI is InChI=1S/C5H4S/c1-2-4-6-5-3-1/h2-5H. The molecular formula is C5H4S. The minimum absolute atomic E-state index is 1.67. The maximum absolute atomic E-state index is 2.90. The largest absolute Gasteiger partial charge is 0.107 e. The molecule has 0 nitrogen and oxygen atoms in total. The lowest BCUT2D eigenvalue weighted by molar-refractivity contribution is 1.78. The van der Waals surface area contributed by atoms with Gasteiger partial charge in [-0.15, -0.1) is 11.8 Å². The van der Waals surface area contributed by atoms with Crippen LogP contribution in [0, 0.1) is 6.42 Å². The summed E-state index contributed by atoms with van der Waals surface area (Å²) >= 11 is 1.67. The van der Waals surface area contributed by atoms with Crippen LogP contribution in [0.1, 0.15) is 0 Å². The molecule has 0 unspecified atom stereocenters. The van der Waals surface area contributed by atoms with Crippen LogP contribution >= 0.6 is 11.8 Å². The van der Waals surface area contributed by atoms with Gasteiger partial charge in [0.15, 0.2) is 0 Å². The summed E-state index contributed by atoms with van der Waals surface area (Å²) < 4.78 is 0. The number of allylic oxidation sites excluding steroid dienone is 2. The summed E-state index contributed by atoms with van der Waals surface area (Å²) in [6.07, 6.45) is 6.69. The van der Waals surface area contributed by atoms with Crippen LogP contribution < -0.4 is 0 Å². The number of rotatable bonds is 0. The molecule has 0 saturated carbocycles. The van der Waals surface area contributed by atoms with Crippen molar-refractivity contribution in [2.75, 3.05) is 0 Å². The Bertz CT molecular complexity index is 61.9. The Labute approximate surface area is 41.9 Å². The minimum atomic E-state index is 1.67. The summed E-state index contributed by atoms with van der Waals surface area (Å²) in [5.74, 6) is 0. The van der Waals surface area contributed by atoms with E-state index >= 15 is 0 Å². The van der Waals surface area contributed by atoms with Crippen LogP contribution in [0.15, 0.2) is 23.0 Å². The molecule has 30 valence electrons. The zero-order chi connectivity index (χ0) is 4.24. The van der Waals surface area contributed by atoms with E-state index in [1.54, 1.807) is 11.8 Å². The summed E-state index contributed by atoms with van der Waals surface area (Å²) in [6, 6.07) is 0. The first-order valence-corrected chi connectivity index (χ1v) is 2.66. The van der Waals surface area contributed by atoms with E-state index in [-0.39, 0.29) is 0 Å². The molecule has 0 spiro atoms. The Morgan fingerprint density at radius 1 is 1.17 bits per heavy atom. The summed E-state index contributed by atoms with van der Waals surface area (Å²) in [7, 11) is 0. The molecule has 0 amide bonds. The fraction of sp³-hybridized carbons (Fsp3) is 0. The van der Waals surface area contributed by atoms with Crippen molar-refractivity contribution in [3.05, 3.63) is 29.4 Å². The predicted octanol–water partition coefficient (Wildman–Crippen LogP) is 1.84. The summed E-state index contributed by atoms with van der Waals surface area (Å²) in [4.78, 5) is 0. The molecule has 2 radical (unpaired) electrons. The highest BCUT2D eigenvalue weighted by molar-refractivity contribution is 8.04. The van der Waals surface area contributed by atoms with Gasteiger partial charge < -0.3 is 0 Å². The third kappa shape index (κ3) is 0.902. The van der Waals surface area contributed by atoms with E-state index in [0.29, 0.717) is 0 Å². The molecule has 0 atom stereocenters. The van der Waals surface area contributed by atoms with Crippen LogP contribution in [-0.2, 0) is 0 Å². The zero-order valence-corrected chi connectivity index (χ0v) is 4.03. The van der Waals surface area contributed by atoms with E-state index in [0.717, 1.165) is 0 Å². The summed E-state index contributed by atoms with van der Waals surface area (Å²) in [6.45, 7) is 0. The van der Waals surface area contributed by atoms with Crippen molar-refractivity contribution >= 4 is 11.8 Å². The van der Waals surface area contributed by atoms with Gasteiger partial charge in [0.05, 0.1) is 0 Å². The Balaban J connectivity index is 2.40. The molecule has 0 N–H and O–H groups in total. The van der Waals surface area contributed by atoms with Crippen molar-refractivity contribution < 1.29 is 0 Å². The second kappa shape index (κ2) is 2.08. The van der Waals surface area contributed by atoms with Gasteiger partial charge in [-0.1, -0.05) is 12.2 Å². The molecule has 0 bridgehead atoms. The molecule has 1 heteroatoms. The predicted molar refractivity (Wildman–Crippen MR) is 29.1 cm³/mol. The Morgan fingerprint density at radius 3 is 2.00 bits per heavy atom.